The molecule has 2 heterocycles. The van der Waals surface area contributed by atoms with Crippen LogP contribution in [0.5, 0.6) is 5.75 Å². The first-order valence-corrected chi connectivity index (χ1v) is 11.8. The fraction of sp³-hybridized carbons (Fsp3) is 0.400. The molecule has 0 bridgehead atoms. The Balaban J connectivity index is 1.56. The molecule has 2 aromatic rings. The molecule has 3 rings (SSSR count). The quantitative estimate of drug-likeness (QED) is 0.597. The Bertz CT molecular complexity index is 1010. The number of sulfonamides is 1. The van der Waals surface area contributed by atoms with Crippen LogP contribution in [-0.4, -0.2) is 69.4 Å². The van der Waals surface area contributed by atoms with Gasteiger partial charge in [-0.05, 0) is 24.1 Å². The number of benzene rings is 1. The molecule has 1 saturated heterocycles. The molecule has 1 amide bonds. The maximum Gasteiger partial charge on any atom is 0.338 e. The van der Waals surface area contributed by atoms with Gasteiger partial charge in [-0.1, -0.05) is 25.1 Å². The number of esters is 1. The zero-order chi connectivity index (χ0) is 21.7. The number of para-hydroxylation sites is 1. The number of methoxy groups -OCH3 is 1. The number of amides is 1. The molecule has 1 aromatic carbocycles. The van der Waals surface area contributed by atoms with E-state index in [4.69, 9.17) is 4.74 Å². The minimum atomic E-state index is -3.72. The summed E-state index contributed by atoms with van der Waals surface area (Å²) in [7, 11) is -2.48. The van der Waals surface area contributed by atoms with Gasteiger partial charge in [0, 0.05) is 31.6 Å². The van der Waals surface area contributed by atoms with Gasteiger partial charge in [-0.2, -0.15) is 4.31 Å². The van der Waals surface area contributed by atoms with E-state index in [0.29, 0.717) is 5.75 Å². The molecule has 0 radical (unpaired) electrons. The van der Waals surface area contributed by atoms with E-state index in [1.165, 1.54) is 22.9 Å². The summed E-state index contributed by atoms with van der Waals surface area (Å²) >= 11 is 0.979. The fourth-order valence-corrected chi connectivity index (χ4v) is 5.87. The average molecular weight is 453 g/mol. The number of piperazine rings is 1. The van der Waals surface area contributed by atoms with Crippen LogP contribution in [0.1, 0.15) is 22.8 Å². The zero-order valence-electron chi connectivity index (χ0n) is 16.9. The highest BCUT2D eigenvalue weighted by Crippen LogP contribution is 2.25. The molecule has 1 aliphatic heterocycles. The van der Waals surface area contributed by atoms with Gasteiger partial charge in [0.05, 0.1) is 12.7 Å². The lowest BCUT2D eigenvalue weighted by Crippen LogP contribution is -2.51. The summed E-state index contributed by atoms with van der Waals surface area (Å²) in [5, 5.41) is 1.46. The molecule has 10 heteroatoms. The van der Waals surface area contributed by atoms with Gasteiger partial charge in [0.2, 0.25) is 0 Å². The smallest absolute Gasteiger partial charge is 0.338 e. The summed E-state index contributed by atoms with van der Waals surface area (Å²) in [5.74, 6) is -0.0662. The van der Waals surface area contributed by atoms with Crippen molar-refractivity contribution in [3.05, 3.63) is 46.8 Å². The minimum Gasteiger partial charge on any atom is -0.483 e. The predicted octanol–water partition coefficient (Wildman–Crippen LogP) is 2.01. The normalized spacial score (nSPS) is 15.1. The third kappa shape index (κ3) is 4.82. The molecular weight excluding hydrogens is 428 g/mol. The van der Waals surface area contributed by atoms with E-state index in [1.54, 1.807) is 4.90 Å². The Morgan fingerprint density at radius 1 is 1.13 bits per heavy atom. The number of nitrogens with zero attached hydrogens (tertiary/aromatic N) is 2. The van der Waals surface area contributed by atoms with Gasteiger partial charge in [0.25, 0.3) is 15.9 Å². The average Bonchev–Trinajstić information content (AvgIpc) is 3.28. The number of rotatable bonds is 7. The van der Waals surface area contributed by atoms with Gasteiger partial charge >= 0.3 is 5.97 Å². The molecule has 0 saturated carbocycles. The van der Waals surface area contributed by atoms with Crippen molar-refractivity contribution in [2.45, 2.75) is 17.6 Å². The Morgan fingerprint density at radius 2 is 1.83 bits per heavy atom. The Kier molecular flexibility index (Phi) is 7.11. The first-order chi connectivity index (χ1) is 14.4. The molecule has 0 spiro atoms. The molecule has 0 unspecified atom stereocenters. The fourth-order valence-electron chi connectivity index (χ4n) is 3.15. The molecular formula is C20H24N2O6S2. The summed E-state index contributed by atoms with van der Waals surface area (Å²) in [6.07, 6.45) is 0.807. The minimum absolute atomic E-state index is 0.0854. The van der Waals surface area contributed by atoms with Gasteiger partial charge in [0.15, 0.2) is 6.61 Å². The van der Waals surface area contributed by atoms with Gasteiger partial charge in [-0.15, -0.1) is 11.3 Å². The van der Waals surface area contributed by atoms with Crippen LogP contribution in [0.15, 0.2) is 39.9 Å². The summed E-state index contributed by atoms with van der Waals surface area (Å²) in [6, 6.07) is 8.90. The van der Waals surface area contributed by atoms with E-state index >= 15 is 0 Å². The number of hydrogen-bond donors (Lipinski definition) is 0. The number of hydrogen-bond acceptors (Lipinski definition) is 7. The highest BCUT2D eigenvalue weighted by Gasteiger charge is 2.31. The summed E-state index contributed by atoms with van der Waals surface area (Å²) in [6.45, 7) is 2.87. The summed E-state index contributed by atoms with van der Waals surface area (Å²) in [5.41, 5.74) is 1.24. The molecule has 162 valence electrons. The van der Waals surface area contributed by atoms with Crippen LogP contribution in [0, 0.1) is 0 Å². The van der Waals surface area contributed by atoms with E-state index in [-0.39, 0.29) is 48.5 Å². The van der Waals surface area contributed by atoms with Crippen molar-refractivity contribution in [1.82, 2.24) is 9.21 Å². The summed E-state index contributed by atoms with van der Waals surface area (Å²) < 4.78 is 37.4. The molecule has 1 fully saturated rings. The van der Waals surface area contributed by atoms with Crippen LogP contribution in [0.3, 0.4) is 0 Å². The first kappa shape index (κ1) is 22.3. The Labute approximate surface area is 180 Å². The number of aryl methyl sites for hydroxylation is 1. The van der Waals surface area contributed by atoms with Crippen molar-refractivity contribution in [2.24, 2.45) is 0 Å². The van der Waals surface area contributed by atoms with Gasteiger partial charge in [-0.25, -0.2) is 13.2 Å². The van der Waals surface area contributed by atoms with Gasteiger partial charge in [-0.3, -0.25) is 4.79 Å². The van der Waals surface area contributed by atoms with Gasteiger partial charge < -0.3 is 14.4 Å². The molecule has 0 aliphatic carbocycles. The topological polar surface area (TPSA) is 93.2 Å². The van der Waals surface area contributed by atoms with Crippen molar-refractivity contribution >= 4 is 33.2 Å². The maximum absolute atomic E-state index is 12.8. The van der Waals surface area contributed by atoms with Crippen molar-refractivity contribution in [1.29, 1.82) is 0 Å². The Hall–Kier alpha value is -2.43. The van der Waals surface area contributed by atoms with Crippen LogP contribution in [0.4, 0.5) is 0 Å². The number of carbonyl (C=O) groups is 2. The molecule has 0 N–H and O–H groups in total. The largest absolute Gasteiger partial charge is 0.483 e. The third-order valence-corrected chi connectivity index (χ3v) is 8.20. The molecule has 30 heavy (non-hydrogen) atoms. The van der Waals surface area contributed by atoms with Crippen molar-refractivity contribution in [3.8, 4) is 5.75 Å². The van der Waals surface area contributed by atoms with Crippen LogP contribution in [-0.2, 0) is 26.0 Å². The predicted molar refractivity (Wildman–Crippen MR) is 112 cm³/mol. The van der Waals surface area contributed by atoms with E-state index in [0.717, 1.165) is 23.3 Å². The second-order valence-corrected chi connectivity index (χ2v) is 9.76. The lowest BCUT2D eigenvalue weighted by atomic mass is 10.1. The van der Waals surface area contributed by atoms with Crippen LogP contribution < -0.4 is 4.74 Å². The number of thiophene rings is 1. The second kappa shape index (κ2) is 9.59. The molecule has 0 atom stereocenters. The van der Waals surface area contributed by atoms with Crippen LogP contribution in [0.2, 0.25) is 0 Å². The number of ether oxygens (including phenoxy) is 2. The molecule has 1 aliphatic rings. The van der Waals surface area contributed by atoms with Crippen molar-refractivity contribution in [3.63, 3.8) is 0 Å². The van der Waals surface area contributed by atoms with Crippen LogP contribution >= 0.6 is 11.3 Å². The van der Waals surface area contributed by atoms with Crippen molar-refractivity contribution < 1.29 is 27.5 Å². The molecule has 8 nitrogen and oxygen atoms in total. The Morgan fingerprint density at radius 3 is 2.50 bits per heavy atom. The maximum atomic E-state index is 12.8. The number of carbonyl (C=O) groups excluding carboxylic acids is 2. The lowest BCUT2D eigenvalue weighted by molar-refractivity contribution is -0.134. The SMILES string of the molecule is CCc1ccccc1OCC(=O)N1CCN(S(=O)(=O)c2cc(C(=O)OC)cs2)CC1. The van der Waals surface area contributed by atoms with E-state index in [1.807, 2.05) is 31.2 Å². The standard InChI is InChI=1S/C20H24N2O6S2/c1-3-15-6-4-5-7-17(15)28-13-18(23)21-8-10-22(11-9-21)30(25,26)19-12-16(14-29-19)20(24)27-2/h4-7,12,14H,3,8-11,13H2,1-2H3. The summed E-state index contributed by atoms with van der Waals surface area (Å²) in [4.78, 5) is 25.7. The lowest BCUT2D eigenvalue weighted by Gasteiger charge is -2.33. The molecule has 1 aromatic heterocycles. The highest BCUT2D eigenvalue weighted by atomic mass is 32.2. The van der Waals surface area contributed by atoms with E-state index in [2.05, 4.69) is 4.74 Å². The van der Waals surface area contributed by atoms with E-state index in [9.17, 15) is 18.0 Å². The zero-order valence-corrected chi connectivity index (χ0v) is 18.5. The van der Waals surface area contributed by atoms with Crippen molar-refractivity contribution in [2.75, 3.05) is 39.9 Å². The highest BCUT2D eigenvalue weighted by molar-refractivity contribution is 7.91. The van der Waals surface area contributed by atoms with E-state index < -0.39 is 16.0 Å². The van der Waals surface area contributed by atoms with Gasteiger partial charge in [0.1, 0.15) is 9.96 Å². The first-order valence-electron chi connectivity index (χ1n) is 9.52. The second-order valence-electron chi connectivity index (χ2n) is 6.68. The van der Waals surface area contributed by atoms with Crippen LogP contribution in [0.25, 0.3) is 0 Å². The monoisotopic (exact) mass is 452 g/mol. The third-order valence-electron chi connectivity index (χ3n) is 4.89.